The van der Waals surface area contributed by atoms with Gasteiger partial charge in [-0.25, -0.2) is 4.98 Å². The van der Waals surface area contributed by atoms with Crippen LogP contribution in [0.4, 0.5) is 5.13 Å². The Bertz CT molecular complexity index is 1010. The second-order valence-electron chi connectivity index (χ2n) is 5.59. The lowest BCUT2D eigenvalue weighted by Crippen LogP contribution is -2.29. The molecule has 8 heteroatoms. The highest BCUT2D eigenvalue weighted by molar-refractivity contribution is 7.23. The number of ether oxygens (including phenoxy) is 2. The number of methoxy groups -OCH3 is 2. The van der Waals surface area contributed by atoms with Crippen molar-refractivity contribution >= 4 is 43.9 Å². The summed E-state index contributed by atoms with van der Waals surface area (Å²) in [5.41, 5.74) is 0.667. The molecule has 0 atom stereocenters. The molecule has 6 nitrogen and oxygen atoms in total. The number of furan rings is 1. The van der Waals surface area contributed by atoms with Gasteiger partial charge in [0, 0.05) is 0 Å². The first-order chi connectivity index (χ1) is 13.2. The quantitative estimate of drug-likeness (QED) is 0.464. The molecule has 1 amide bonds. The summed E-state index contributed by atoms with van der Waals surface area (Å²) in [7, 11) is 3.20. The van der Waals surface area contributed by atoms with Crippen LogP contribution in [-0.2, 0) is 6.54 Å². The van der Waals surface area contributed by atoms with Gasteiger partial charge in [-0.3, -0.25) is 9.69 Å². The van der Waals surface area contributed by atoms with E-state index in [0.29, 0.717) is 32.8 Å². The summed E-state index contributed by atoms with van der Waals surface area (Å²) >= 11 is 2.78. The molecule has 0 fully saturated rings. The predicted molar refractivity (Wildman–Crippen MR) is 106 cm³/mol. The van der Waals surface area contributed by atoms with E-state index in [-0.39, 0.29) is 12.5 Å². The summed E-state index contributed by atoms with van der Waals surface area (Å²) in [6, 6.07) is 10.9. The molecule has 138 valence electrons. The first-order valence-electron chi connectivity index (χ1n) is 8.10. The van der Waals surface area contributed by atoms with Crippen LogP contribution < -0.4 is 14.4 Å². The number of thiazole rings is 1. The van der Waals surface area contributed by atoms with Gasteiger partial charge in [0.1, 0.15) is 27.5 Å². The van der Waals surface area contributed by atoms with Crippen molar-refractivity contribution in [1.82, 2.24) is 4.98 Å². The molecule has 0 saturated carbocycles. The van der Waals surface area contributed by atoms with Gasteiger partial charge < -0.3 is 13.9 Å². The summed E-state index contributed by atoms with van der Waals surface area (Å²) in [6.07, 6.45) is 1.59. The van der Waals surface area contributed by atoms with Gasteiger partial charge in [-0.1, -0.05) is 17.4 Å². The Balaban J connectivity index is 1.83. The molecular weight excluding hydrogens is 384 g/mol. The molecule has 4 aromatic rings. The number of thiophene rings is 1. The molecule has 4 rings (SSSR count). The van der Waals surface area contributed by atoms with Crippen LogP contribution >= 0.6 is 22.7 Å². The number of anilines is 1. The number of aromatic nitrogens is 1. The van der Waals surface area contributed by atoms with E-state index in [1.807, 2.05) is 29.6 Å². The van der Waals surface area contributed by atoms with E-state index < -0.39 is 0 Å². The normalized spacial score (nSPS) is 10.9. The minimum absolute atomic E-state index is 0.126. The molecule has 3 aromatic heterocycles. The van der Waals surface area contributed by atoms with Crippen LogP contribution in [-0.4, -0.2) is 25.1 Å². The topological polar surface area (TPSA) is 64.8 Å². The van der Waals surface area contributed by atoms with E-state index >= 15 is 0 Å². The van der Waals surface area contributed by atoms with Crippen molar-refractivity contribution in [3.05, 3.63) is 58.7 Å². The minimum Gasteiger partial charge on any atom is -0.495 e. The smallest absolute Gasteiger partial charge is 0.270 e. The van der Waals surface area contributed by atoms with Gasteiger partial charge in [-0.15, -0.1) is 11.3 Å². The fourth-order valence-electron chi connectivity index (χ4n) is 2.71. The van der Waals surface area contributed by atoms with Crippen molar-refractivity contribution in [3.63, 3.8) is 0 Å². The van der Waals surface area contributed by atoms with Gasteiger partial charge in [-0.2, -0.15) is 0 Å². The Morgan fingerprint density at radius 2 is 1.96 bits per heavy atom. The van der Waals surface area contributed by atoms with Crippen LogP contribution in [0.3, 0.4) is 0 Å². The van der Waals surface area contributed by atoms with Gasteiger partial charge in [0.2, 0.25) is 0 Å². The van der Waals surface area contributed by atoms with Crippen LogP contribution in [0.2, 0.25) is 0 Å². The fraction of sp³-hybridized carbons (Fsp3) is 0.158. The zero-order valence-corrected chi connectivity index (χ0v) is 16.3. The number of carbonyl (C=O) groups excluding carboxylic acids is 1. The highest BCUT2D eigenvalue weighted by Gasteiger charge is 2.25. The molecular formula is C19H16N2O4S2. The fourth-order valence-corrected chi connectivity index (χ4v) is 4.45. The van der Waals surface area contributed by atoms with E-state index in [1.54, 1.807) is 37.5 Å². The van der Waals surface area contributed by atoms with Gasteiger partial charge in [0.25, 0.3) is 5.91 Å². The molecule has 0 aliphatic carbocycles. The van der Waals surface area contributed by atoms with E-state index in [9.17, 15) is 4.79 Å². The molecule has 0 unspecified atom stereocenters. The highest BCUT2D eigenvalue weighted by Crippen LogP contribution is 2.40. The van der Waals surface area contributed by atoms with E-state index in [2.05, 4.69) is 4.98 Å². The van der Waals surface area contributed by atoms with Crippen molar-refractivity contribution in [3.8, 4) is 11.5 Å². The first-order valence-corrected chi connectivity index (χ1v) is 9.80. The van der Waals surface area contributed by atoms with Crippen molar-refractivity contribution in [2.75, 3.05) is 19.1 Å². The average molecular weight is 400 g/mol. The van der Waals surface area contributed by atoms with Crippen LogP contribution in [0.5, 0.6) is 11.5 Å². The third-order valence-electron chi connectivity index (χ3n) is 4.00. The molecule has 0 spiro atoms. The summed E-state index contributed by atoms with van der Waals surface area (Å²) in [4.78, 5) is 20.1. The predicted octanol–water partition coefficient (Wildman–Crippen LogP) is 4.82. The van der Waals surface area contributed by atoms with Crippen LogP contribution in [0, 0.1) is 0 Å². The Labute approximate surface area is 163 Å². The van der Waals surface area contributed by atoms with E-state index in [1.165, 1.54) is 22.7 Å². The molecule has 0 aliphatic heterocycles. The molecule has 0 radical (unpaired) electrons. The number of hydrogen-bond acceptors (Lipinski definition) is 7. The molecule has 0 N–H and O–H groups in total. The van der Waals surface area contributed by atoms with E-state index in [4.69, 9.17) is 13.9 Å². The zero-order chi connectivity index (χ0) is 18.8. The Hall–Kier alpha value is -2.84. The maximum atomic E-state index is 13.1. The average Bonchev–Trinajstić information content (AvgIpc) is 3.45. The standard InChI is InChI=1S/C19H16N2O4S2/c1-23-13-7-8-14(24-2)17-16(13)20-19(27-17)21(11-12-5-3-9-25-12)18(22)15-6-4-10-26-15/h3-10H,11H2,1-2H3. The third-order valence-corrected chi connectivity index (χ3v) is 5.95. The monoisotopic (exact) mass is 400 g/mol. The zero-order valence-electron chi connectivity index (χ0n) is 14.7. The van der Waals surface area contributed by atoms with Crippen molar-refractivity contribution in [2.45, 2.75) is 6.54 Å². The first kappa shape index (κ1) is 17.6. The van der Waals surface area contributed by atoms with Gasteiger partial charge in [0.15, 0.2) is 5.13 Å². The molecule has 0 bridgehead atoms. The second-order valence-corrected chi connectivity index (χ2v) is 7.52. The Morgan fingerprint density at radius 3 is 2.63 bits per heavy atom. The number of nitrogens with zero attached hydrogens (tertiary/aromatic N) is 2. The van der Waals surface area contributed by atoms with Crippen molar-refractivity contribution in [2.24, 2.45) is 0 Å². The van der Waals surface area contributed by atoms with Crippen LogP contribution in [0.15, 0.2) is 52.5 Å². The lowest BCUT2D eigenvalue weighted by Gasteiger charge is -2.17. The minimum atomic E-state index is -0.126. The lowest BCUT2D eigenvalue weighted by atomic mass is 10.3. The van der Waals surface area contributed by atoms with Gasteiger partial charge in [0.05, 0.1) is 31.9 Å². The largest absolute Gasteiger partial charge is 0.495 e. The number of amides is 1. The summed E-state index contributed by atoms with van der Waals surface area (Å²) in [6.45, 7) is 0.286. The molecule has 1 aromatic carbocycles. The molecule has 27 heavy (non-hydrogen) atoms. The number of benzene rings is 1. The van der Waals surface area contributed by atoms with Crippen LogP contribution in [0.25, 0.3) is 10.2 Å². The van der Waals surface area contributed by atoms with Crippen molar-refractivity contribution < 1.29 is 18.7 Å². The molecule has 0 aliphatic rings. The maximum Gasteiger partial charge on any atom is 0.270 e. The highest BCUT2D eigenvalue weighted by atomic mass is 32.1. The van der Waals surface area contributed by atoms with Crippen LogP contribution in [0.1, 0.15) is 15.4 Å². The number of fused-ring (bicyclic) bond motifs is 1. The summed E-state index contributed by atoms with van der Waals surface area (Å²) in [5.74, 6) is 1.88. The SMILES string of the molecule is COc1ccc(OC)c2sc(N(Cc3ccco3)C(=O)c3cccs3)nc12. The van der Waals surface area contributed by atoms with Crippen molar-refractivity contribution in [1.29, 1.82) is 0 Å². The lowest BCUT2D eigenvalue weighted by molar-refractivity contribution is 0.0987. The Kier molecular flexibility index (Phi) is 4.83. The molecule has 3 heterocycles. The number of carbonyl (C=O) groups is 1. The maximum absolute atomic E-state index is 13.1. The van der Waals surface area contributed by atoms with E-state index in [0.717, 1.165) is 4.70 Å². The summed E-state index contributed by atoms with van der Waals surface area (Å²) < 4.78 is 17.2. The van der Waals surface area contributed by atoms with Gasteiger partial charge >= 0.3 is 0 Å². The summed E-state index contributed by atoms with van der Waals surface area (Å²) in [5, 5.41) is 2.44. The number of rotatable bonds is 6. The Morgan fingerprint density at radius 1 is 1.15 bits per heavy atom. The molecule has 0 saturated heterocycles. The third kappa shape index (κ3) is 3.29. The van der Waals surface area contributed by atoms with Gasteiger partial charge in [-0.05, 0) is 35.7 Å². The number of hydrogen-bond donors (Lipinski definition) is 0. The second kappa shape index (κ2) is 7.42.